The standard InChI is InChI=1S/C16H24N2O3S/c1-16(2,3)17-11-15(19)18(13-7-5-4-6-8-13)14-9-10-22(20,21)12-14/h4-8,14,17H,9-12H2,1-3H3/t14-/m1/s1. The van der Waals surface area contributed by atoms with Crippen molar-refractivity contribution in [1.29, 1.82) is 0 Å². The molecule has 0 bridgehead atoms. The first kappa shape index (κ1) is 17.0. The van der Waals surface area contributed by atoms with Gasteiger partial charge in [-0.1, -0.05) is 18.2 Å². The second-order valence-electron chi connectivity index (χ2n) is 6.76. The predicted molar refractivity (Wildman–Crippen MR) is 88.7 cm³/mol. The molecule has 6 heteroatoms. The third-order valence-electron chi connectivity index (χ3n) is 3.65. The van der Waals surface area contributed by atoms with Gasteiger partial charge in [-0.2, -0.15) is 0 Å². The molecule has 1 saturated heterocycles. The fraction of sp³-hybridized carbons (Fsp3) is 0.562. The van der Waals surface area contributed by atoms with Crippen LogP contribution in [0.5, 0.6) is 0 Å². The molecule has 1 aliphatic rings. The lowest BCUT2D eigenvalue weighted by Crippen LogP contribution is -2.49. The van der Waals surface area contributed by atoms with Crippen LogP contribution in [0.1, 0.15) is 27.2 Å². The minimum atomic E-state index is -3.04. The van der Waals surface area contributed by atoms with Gasteiger partial charge in [0.2, 0.25) is 5.91 Å². The van der Waals surface area contributed by atoms with Crippen LogP contribution in [-0.2, 0) is 14.6 Å². The fourth-order valence-corrected chi connectivity index (χ4v) is 4.25. The first-order valence-corrected chi connectivity index (χ1v) is 9.33. The van der Waals surface area contributed by atoms with Crippen molar-refractivity contribution in [1.82, 2.24) is 5.32 Å². The van der Waals surface area contributed by atoms with E-state index in [4.69, 9.17) is 0 Å². The summed E-state index contributed by atoms with van der Waals surface area (Å²) >= 11 is 0. The van der Waals surface area contributed by atoms with Gasteiger partial charge >= 0.3 is 0 Å². The number of hydrogen-bond acceptors (Lipinski definition) is 4. The van der Waals surface area contributed by atoms with Gasteiger partial charge in [-0.15, -0.1) is 0 Å². The number of nitrogens with zero attached hydrogens (tertiary/aromatic N) is 1. The highest BCUT2D eigenvalue weighted by Gasteiger charge is 2.35. The van der Waals surface area contributed by atoms with Gasteiger partial charge in [0.15, 0.2) is 9.84 Å². The Balaban J connectivity index is 2.21. The predicted octanol–water partition coefficient (Wildman–Crippen LogP) is 1.59. The molecule has 1 atom stereocenters. The summed E-state index contributed by atoms with van der Waals surface area (Å²) < 4.78 is 23.5. The Kier molecular flexibility index (Phi) is 4.92. The Morgan fingerprint density at radius 1 is 1.27 bits per heavy atom. The molecule has 0 aromatic heterocycles. The van der Waals surface area contributed by atoms with Crippen LogP contribution >= 0.6 is 0 Å². The molecule has 1 heterocycles. The van der Waals surface area contributed by atoms with Crippen LogP contribution in [0.3, 0.4) is 0 Å². The van der Waals surface area contributed by atoms with Gasteiger partial charge in [0.05, 0.1) is 24.1 Å². The van der Waals surface area contributed by atoms with E-state index in [-0.39, 0.29) is 35.5 Å². The third-order valence-corrected chi connectivity index (χ3v) is 5.40. The van der Waals surface area contributed by atoms with Gasteiger partial charge in [-0.25, -0.2) is 8.42 Å². The van der Waals surface area contributed by atoms with Crippen molar-refractivity contribution in [3.63, 3.8) is 0 Å². The van der Waals surface area contributed by atoms with Crippen LogP contribution in [0.4, 0.5) is 5.69 Å². The summed E-state index contributed by atoms with van der Waals surface area (Å²) in [6, 6.07) is 9.01. The van der Waals surface area contributed by atoms with Gasteiger partial charge in [0.25, 0.3) is 0 Å². The zero-order valence-corrected chi connectivity index (χ0v) is 14.2. The molecule has 1 aromatic carbocycles. The Hall–Kier alpha value is -1.40. The maximum Gasteiger partial charge on any atom is 0.241 e. The maximum absolute atomic E-state index is 12.7. The molecule has 1 amide bonds. The second kappa shape index (κ2) is 6.38. The van der Waals surface area contributed by atoms with Crippen LogP contribution in [-0.4, -0.2) is 44.0 Å². The minimum absolute atomic E-state index is 0.0448. The molecule has 1 aliphatic heterocycles. The highest BCUT2D eigenvalue weighted by Crippen LogP contribution is 2.24. The number of amides is 1. The number of rotatable bonds is 4. The fourth-order valence-electron chi connectivity index (χ4n) is 2.55. The van der Waals surface area contributed by atoms with Gasteiger partial charge in [0, 0.05) is 11.2 Å². The SMILES string of the molecule is CC(C)(C)NCC(=O)N(c1ccccc1)[C@@H]1CCS(=O)(=O)C1. The van der Waals surface area contributed by atoms with E-state index in [1.165, 1.54) is 0 Å². The summed E-state index contributed by atoms with van der Waals surface area (Å²) in [7, 11) is -3.04. The second-order valence-corrected chi connectivity index (χ2v) is 8.99. The molecule has 2 rings (SSSR count). The third kappa shape index (κ3) is 4.55. The van der Waals surface area contributed by atoms with Crippen molar-refractivity contribution in [3.05, 3.63) is 30.3 Å². The molecule has 0 unspecified atom stereocenters. The molecule has 5 nitrogen and oxygen atoms in total. The molecule has 1 aromatic rings. The van der Waals surface area contributed by atoms with Crippen LogP contribution < -0.4 is 10.2 Å². The number of sulfone groups is 1. The lowest BCUT2D eigenvalue weighted by atomic mass is 10.1. The van der Waals surface area contributed by atoms with Gasteiger partial charge in [0.1, 0.15) is 0 Å². The first-order valence-electron chi connectivity index (χ1n) is 7.50. The van der Waals surface area contributed by atoms with Gasteiger partial charge in [-0.05, 0) is 39.3 Å². The lowest BCUT2D eigenvalue weighted by molar-refractivity contribution is -0.118. The highest BCUT2D eigenvalue weighted by atomic mass is 32.2. The molecule has 0 spiro atoms. The Morgan fingerprint density at radius 3 is 2.41 bits per heavy atom. The van der Waals surface area contributed by atoms with Crippen LogP contribution in [0.2, 0.25) is 0 Å². The van der Waals surface area contributed by atoms with E-state index in [1.807, 2.05) is 51.1 Å². The van der Waals surface area contributed by atoms with E-state index >= 15 is 0 Å². The number of para-hydroxylation sites is 1. The van der Waals surface area contributed by atoms with E-state index in [0.717, 1.165) is 5.69 Å². The molecular formula is C16H24N2O3S. The Labute approximate surface area is 132 Å². The zero-order valence-electron chi connectivity index (χ0n) is 13.4. The molecule has 0 saturated carbocycles. The Morgan fingerprint density at radius 2 is 1.91 bits per heavy atom. The quantitative estimate of drug-likeness (QED) is 0.913. The molecule has 0 radical (unpaired) electrons. The van der Waals surface area contributed by atoms with Gasteiger partial charge < -0.3 is 10.2 Å². The minimum Gasteiger partial charge on any atom is -0.307 e. The van der Waals surface area contributed by atoms with E-state index in [9.17, 15) is 13.2 Å². The number of hydrogen-bond donors (Lipinski definition) is 1. The lowest BCUT2D eigenvalue weighted by Gasteiger charge is -2.30. The number of carbonyl (C=O) groups excluding carboxylic acids is 1. The van der Waals surface area contributed by atoms with Crippen molar-refractivity contribution < 1.29 is 13.2 Å². The summed E-state index contributed by atoms with van der Waals surface area (Å²) in [6.07, 6.45) is 0.498. The number of benzene rings is 1. The normalized spacial score (nSPS) is 20.8. The molecule has 1 fully saturated rings. The van der Waals surface area contributed by atoms with Crippen LogP contribution in [0, 0.1) is 0 Å². The van der Waals surface area contributed by atoms with Crippen LogP contribution in [0.25, 0.3) is 0 Å². The molecular weight excluding hydrogens is 300 g/mol. The van der Waals surface area contributed by atoms with Crippen molar-refractivity contribution in [2.24, 2.45) is 0 Å². The maximum atomic E-state index is 12.7. The number of carbonyl (C=O) groups is 1. The van der Waals surface area contributed by atoms with E-state index in [2.05, 4.69) is 5.32 Å². The van der Waals surface area contributed by atoms with Crippen molar-refractivity contribution in [3.8, 4) is 0 Å². The van der Waals surface area contributed by atoms with Crippen molar-refractivity contribution in [2.75, 3.05) is 23.0 Å². The molecule has 0 aliphatic carbocycles. The number of nitrogens with one attached hydrogen (secondary N) is 1. The van der Waals surface area contributed by atoms with E-state index in [1.54, 1.807) is 4.90 Å². The average Bonchev–Trinajstić information content (AvgIpc) is 2.77. The summed E-state index contributed by atoms with van der Waals surface area (Å²) in [4.78, 5) is 14.3. The van der Waals surface area contributed by atoms with Gasteiger partial charge in [-0.3, -0.25) is 4.79 Å². The van der Waals surface area contributed by atoms with E-state index < -0.39 is 9.84 Å². The molecule has 1 N–H and O–H groups in total. The molecule has 122 valence electrons. The molecule has 22 heavy (non-hydrogen) atoms. The summed E-state index contributed by atoms with van der Waals surface area (Å²) in [5, 5.41) is 3.18. The topological polar surface area (TPSA) is 66.5 Å². The monoisotopic (exact) mass is 324 g/mol. The smallest absolute Gasteiger partial charge is 0.241 e. The van der Waals surface area contributed by atoms with Crippen molar-refractivity contribution >= 4 is 21.4 Å². The van der Waals surface area contributed by atoms with Crippen LogP contribution in [0.15, 0.2) is 30.3 Å². The number of anilines is 1. The highest BCUT2D eigenvalue weighted by molar-refractivity contribution is 7.91. The summed E-state index contributed by atoms with van der Waals surface area (Å²) in [5.74, 6) is 0.104. The average molecular weight is 324 g/mol. The zero-order chi connectivity index (χ0) is 16.4. The Bertz CT molecular complexity index is 621. The summed E-state index contributed by atoms with van der Waals surface area (Å²) in [5.41, 5.74) is 0.588. The van der Waals surface area contributed by atoms with Crippen molar-refractivity contribution in [2.45, 2.75) is 38.8 Å². The largest absolute Gasteiger partial charge is 0.307 e. The summed E-state index contributed by atoms with van der Waals surface area (Å²) in [6.45, 7) is 6.17. The van der Waals surface area contributed by atoms with E-state index in [0.29, 0.717) is 6.42 Å². The first-order chi connectivity index (χ1) is 10.2.